The van der Waals surface area contributed by atoms with Gasteiger partial charge < -0.3 is 4.74 Å². The Morgan fingerprint density at radius 1 is 1.30 bits per heavy atom. The molecule has 0 saturated heterocycles. The summed E-state index contributed by atoms with van der Waals surface area (Å²) in [6.07, 6.45) is 0. The van der Waals surface area contributed by atoms with Crippen LogP contribution in [0.2, 0.25) is 0 Å². The number of benzene rings is 2. The Morgan fingerprint density at radius 2 is 2.10 bits per heavy atom. The van der Waals surface area contributed by atoms with Gasteiger partial charge in [0.25, 0.3) is 0 Å². The fourth-order valence-corrected chi connectivity index (χ4v) is 1.91. The van der Waals surface area contributed by atoms with Gasteiger partial charge in [-0.1, -0.05) is 28.1 Å². The highest BCUT2D eigenvalue weighted by Crippen LogP contribution is 2.16. The Balaban J connectivity index is 2.07. The van der Waals surface area contributed by atoms with Crippen LogP contribution in [0.3, 0.4) is 0 Å². The Labute approximate surface area is 123 Å². The van der Waals surface area contributed by atoms with Crippen LogP contribution in [0.5, 0.6) is 0 Å². The molecule has 0 fully saturated rings. The molecule has 0 bridgehead atoms. The molecule has 0 aliphatic heterocycles. The second-order valence-electron chi connectivity index (χ2n) is 4.00. The zero-order chi connectivity index (χ0) is 14.5. The van der Waals surface area contributed by atoms with Crippen LogP contribution in [-0.2, 0) is 11.3 Å². The zero-order valence-corrected chi connectivity index (χ0v) is 11.9. The number of esters is 1. The first-order chi connectivity index (χ1) is 9.60. The monoisotopic (exact) mass is 333 g/mol. The number of nitrogens with zero attached hydrogens (tertiary/aromatic N) is 1. The first kappa shape index (κ1) is 14.2. The highest BCUT2D eigenvalue weighted by Gasteiger charge is 2.10. The molecule has 0 atom stereocenters. The van der Waals surface area contributed by atoms with Crippen LogP contribution in [0.25, 0.3) is 0 Å². The smallest absolute Gasteiger partial charge is 0.338 e. The van der Waals surface area contributed by atoms with Gasteiger partial charge in [0.15, 0.2) is 0 Å². The van der Waals surface area contributed by atoms with Crippen molar-refractivity contribution in [3.63, 3.8) is 0 Å². The van der Waals surface area contributed by atoms with E-state index in [0.717, 1.165) is 0 Å². The van der Waals surface area contributed by atoms with Gasteiger partial charge in [-0.15, -0.1) is 0 Å². The minimum Gasteiger partial charge on any atom is -0.457 e. The molecule has 0 spiro atoms. The van der Waals surface area contributed by atoms with Crippen LogP contribution in [0, 0.1) is 17.1 Å². The van der Waals surface area contributed by atoms with Gasteiger partial charge >= 0.3 is 5.97 Å². The lowest BCUT2D eigenvalue weighted by molar-refractivity contribution is 0.0469. The minimum atomic E-state index is -0.593. The first-order valence-corrected chi connectivity index (χ1v) is 6.50. The summed E-state index contributed by atoms with van der Waals surface area (Å²) in [7, 11) is 0. The summed E-state index contributed by atoms with van der Waals surface area (Å²) < 4.78 is 19.2. The number of carbonyl (C=O) groups is 1. The average Bonchev–Trinajstić information content (AvgIpc) is 2.46. The maximum Gasteiger partial charge on any atom is 0.338 e. The Bertz CT molecular complexity index is 695. The van der Waals surface area contributed by atoms with Gasteiger partial charge in [0.2, 0.25) is 0 Å². The molecule has 0 aliphatic rings. The van der Waals surface area contributed by atoms with Crippen molar-refractivity contribution < 1.29 is 13.9 Å². The van der Waals surface area contributed by atoms with E-state index in [2.05, 4.69) is 15.9 Å². The second-order valence-corrected chi connectivity index (χ2v) is 4.92. The third-order valence-electron chi connectivity index (χ3n) is 2.60. The molecule has 0 aromatic heterocycles. The number of hydrogen-bond acceptors (Lipinski definition) is 3. The van der Waals surface area contributed by atoms with E-state index in [-0.39, 0.29) is 17.7 Å². The molecule has 2 aromatic carbocycles. The standard InChI is InChI=1S/C15H9BrFNO2/c16-13-5-4-12(14(17)7-13)9-20-15(19)11-3-1-2-10(6-11)8-18/h1-7H,9H2. The molecule has 100 valence electrons. The van der Waals surface area contributed by atoms with Gasteiger partial charge in [-0.05, 0) is 30.3 Å². The molecule has 0 aliphatic carbocycles. The van der Waals surface area contributed by atoms with Crippen LogP contribution in [0.1, 0.15) is 21.5 Å². The second kappa shape index (κ2) is 6.31. The molecule has 0 amide bonds. The van der Waals surface area contributed by atoms with Gasteiger partial charge in [-0.25, -0.2) is 9.18 Å². The van der Waals surface area contributed by atoms with Crippen molar-refractivity contribution in [2.24, 2.45) is 0 Å². The van der Waals surface area contributed by atoms with Crippen molar-refractivity contribution in [1.29, 1.82) is 5.26 Å². The van der Waals surface area contributed by atoms with Crippen LogP contribution < -0.4 is 0 Å². The van der Waals surface area contributed by atoms with E-state index in [1.165, 1.54) is 12.1 Å². The lowest BCUT2D eigenvalue weighted by Crippen LogP contribution is -2.06. The third kappa shape index (κ3) is 3.43. The number of rotatable bonds is 3. The number of hydrogen-bond donors (Lipinski definition) is 0. The predicted octanol–water partition coefficient (Wildman–Crippen LogP) is 3.82. The van der Waals surface area contributed by atoms with Crippen LogP contribution in [-0.4, -0.2) is 5.97 Å². The normalized spacial score (nSPS) is 9.85. The zero-order valence-electron chi connectivity index (χ0n) is 10.3. The van der Waals surface area contributed by atoms with Crippen molar-refractivity contribution in [3.8, 4) is 6.07 Å². The Hall–Kier alpha value is -2.19. The maximum atomic E-state index is 13.6. The van der Waals surface area contributed by atoms with Gasteiger partial charge in [-0.2, -0.15) is 5.26 Å². The average molecular weight is 334 g/mol. The van der Waals surface area contributed by atoms with Crippen molar-refractivity contribution in [2.45, 2.75) is 6.61 Å². The minimum absolute atomic E-state index is 0.158. The summed E-state index contributed by atoms with van der Waals surface area (Å²) in [4.78, 5) is 11.8. The molecule has 20 heavy (non-hydrogen) atoms. The summed E-state index contributed by atoms with van der Waals surface area (Å²) in [6.45, 7) is -0.158. The van der Waals surface area contributed by atoms with E-state index in [1.807, 2.05) is 6.07 Å². The number of ether oxygens (including phenoxy) is 1. The molecule has 0 saturated carbocycles. The molecule has 2 rings (SSSR count). The fourth-order valence-electron chi connectivity index (χ4n) is 1.58. The number of carbonyl (C=O) groups excluding carboxylic acids is 1. The SMILES string of the molecule is N#Cc1cccc(C(=O)OCc2ccc(Br)cc2F)c1. The van der Waals surface area contributed by atoms with E-state index in [1.54, 1.807) is 30.3 Å². The summed E-state index contributed by atoms with van der Waals surface area (Å²) >= 11 is 3.15. The molecule has 0 heterocycles. The van der Waals surface area contributed by atoms with E-state index in [9.17, 15) is 9.18 Å². The molecule has 3 nitrogen and oxygen atoms in total. The lowest BCUT2D eigenvalue weighted by atomic mass is 10.1. The van der Waals surface area contributed by atoms with Crippen molar-refractivity contribution in [1.82, 2.24) is 0 Å². The quantitative estimate of drug-likeness (QED) is 0.802. The number of halogens is 2. The van der Waals surface area contributed by atoms with Crippen LogP contribution >= 0.6 is 15.9 Å². The van der Waals surface area contributed by atoms with E-state index in [0.29, 0.717) is 10.0 Å². The van der Waals surface area contributed by atoms with Crippen molar-refractivity contribution in [2.75, 3.05) is 0 Å². The largest absolute Gasteiger partial charge is 0.457 e. The third-order valence-corrected chi connectivity index (χ3v) is 3.09. The summed E-state index contributed by atoms with van der Waals surface area (Å²) in [5.74, 6) is -1.04. The summed E-state index contributed by atoms with van der Waals surface area (Å²) in [5, 5.41) is 8.76. The topological polar surface area (TPSA) is 50.1 Å². The molecular formula is C15H9BrFNO2. The van der Waals surface area contributed by atoms with Gasteiger partial charge in [0.05, 0.1) is 17.2 Å². The van der Waals surface area contributed by atoms with Gasteiger partial charge in [0.1, 0.15) is 12.4 Å². The lowest BCUT2D eigenvalue weighted by Gasteiger charge is -2.06. The molecule has 5 heteroatoms. The number of nitriles is 1. The van der Waals surface area contributed by atoms with Crippen LogP contribution in [0.4, 0.5) is 4.39 Å². The molecule has 0 N–H and O–H groups in total. The molecule has 2 aromatic rings. The van der Waals surface area contributed by atoms with Gasteiger partial charge in [0, 0.05) is 10.0 Å². The van der Waals surface area contributed by atoms with Crippen LogP contribution in [0.15, 0.2) is 46.9 Å². The first-order valence-electron chi connectivity index (χ1n) is 5.71. The highest BCUT2D eigenvalue weighted by molar-refractivity contribution is 9.10. The molecule has 0 unspecified atom stereocenters. The van der Waals surface area contributed by atoms with Crippen molar-refractivity contribution >= 4 is 21.9 Å². The van der Waals surface area contributed by atoms with E-state index < -0.39 is 11.8 Å². The fraction of sp³-hybridized carbons (Fsp3) is 0.0667. The molecule has 0 radical (unpaired) electrons. The highest BCUT2D eigenvalue weighted by atomic mass is 79.9. The summed E-state index contributed by atoms with van der Waals surface area (Å²) in [5.41, 5.74) is 0.925. The van der Waals surface area contributed by atoms with E-state index >= 15 is 0 Å². The van der Waals surface area contributed by atoms with Gasteiger partial charge in [-0.3, -0.25) is 0 Å². The van der Waals surface area contributed by atoms with E-state index in [4.69, 9.17) is 10.00 Å². The Morgan fingerprint density at radius 3 is 2.80 bits per heavy atom. The Kier molecular flexibility index (Phi) is 4.49. The van der Waals surface area contributed by atoms with Crippen molar-refractivity contribution in [3.05, 3.63) is 69.4 Å². The predicted molar refractivity (Wildman–Crippen MR) is 74.4 cm³/mol. The summed E-state index contributed by atoms with van der Waals surface area (Å²) in [6, 6.07) is 12.6. The maximum absolute atomic E-state index is 13.6. The molecular weight excluding hydrogens is 325 g/mol.